The Hall–Kier alpha value is -1.87. The van der Waals surface area contributed by atoms with Crippen molar-refractivity contribution in [2.24, 2.45) is 0 Å². The highest BCUT2D eigenvalue weighted by atomic mass is 16.5. The quantitative estimate of drug-likeness (QED) is 0.872. The van der Waals surface area contributed by atoms with Crippen LogP contribution < -0.4 is 10.1 Å². The molecule has 0 spiro atoms. The Balaban J connectivity index is 2.41. The van der Waals surface area contributed by atoms with Crippen molar-refractivity contribution in [3.63, 3.8) is 0 Å². The predicted molar refractivity (Wildman–Crippen MR) is 82.1 cm³/mol. The molecule has 0 aliphatic heterocycles. The first-order valence-corrected chi connectivity index (χ1v) is 7.05. The van der Waals surface area contributed by atoms with Crippen molar-refractivity contribution >= 4 is 0 Å². The lowest BCUT2D eigenvalue weighted by molar-refractivity contribution is 0.403. The van der Waals surface area contributed by atoms with Gasteiger partial charge in [-0.1, -0.05) is 25.1 Å². The molecule has 106 valence electrons. The Kier molecular flexibility index (Phi) is 5.13. The van der Waals surface area contributed by atoms with Gasteiger partial charge in [0.05, 0.1) is 18.8 Å². The average molecular weight is 270 g/mol. The highest BCUT2D eigenvalue weighted by molar-refractivity contribution is 5.40. The van der Waals surface area contributed by atoms with E-state index < -0.39 is 0 Å². The summed E-state index contributed by atoms with van der Waals surface area (Å²) >= 11 is 0. The number of nitrogens with zero attached hydrogens (tertiary/aromatic N) is 1. The summed E-state index contributed by atoms with van der Waals surface area (Å²) in [5.74, 6) is 0.893. The van der Waals surface area contributed by atoms with Crippen molar-refractivity contribution < 1.29 is 4.74 Å². The minimum atomic E-state index is 0.0611. The molecule has 1 atom stereocenters. The standard InChI is InChI=1S/C17H22N2O/c1-4-10-19-17(15-12-13(2)9-11-18-15)14-7-5-6-8-16(14)20-3/h5-9,11-12,17,19H,4,10H2,1-3H3. The maximum absolute atomic E-state index is 5.49. The van der Waals surface area contributed by atoms with Crippen molar-refractivity contribution in [2.75, 3.05) is 13.7 Å². The number of methoxy groups -OCH3 is 1. The zero-order valence-corrected chi connectivity index (χ0v) is 12.4. The molecule has 2 aromatic rings. The zero-order valence-electron chi connectivity index (χ0n) is 12.4. The first kappa shape index (κ1) is 14.5. The van der Waals surface area contributed by atoms with Crippen LogP contribution >= 0.6 is 0 Å². The van der Waals surface area contributed by atoms with Crippen molar-refractivity contribution in [3.8, 4) is 5.75 Å². The Morgan fingerprint density at radius 1 is 1.25 bits per heavy atom. The monoisotopic (exact) mass is 270 g/mol. The normalized spacial score (nSPS) is 12.2. The number of aromatic nitrogens is 1. The maximum atomic E-state index is 5.49. The Morgan fingerprint density at radius 3 is 2.75 bits per heavy atom. The second-order valence-corrected chi connectivity index (χ2v) is 4.89. The fourth-order valence-corrected chi connectivity index (χ4v) is 2.28. The molecule has 0 amide bonds. The van der Waals surface area contributed by atoms with Gasteiger partial charge in [-0.25, -0.2) is 0 Å². The van der Waals surface area contributed by atoms with E-state index in [2.05, 4.69) is 36.3 Å². The van der Waals surface area contributed by atoms with Crippen LogP contribution in [-0.2, 0) is 0 Å². The van der Waals surface area contributed by atoms with E-state index in [1.54, 1.807) is 7.11 Å². The topological polar surface area (TPSA) is 34.2 Å². The molecule has 2 rings (SSSR count). The van der Waals surface area contributed by atoms with Gasteiger partial charge in [-0.15, -0.1) is 0 Å². The number of benzene rings is 1. The predicted octanol–water partition coefficient (Wildman–Crippen LogP) is 3.49. The Morgan fingerprint density at radius 2 is 2.05 bits per heavy atom. The summed E-state index contributed by atoms with van der Waals surface area (Å²) in [6.45, 7) is 5.19. The van der Waals surface area contributed by atoms with E-state index in [1.807, 2.05) is 30.5 Å². The number of nitrogens with one attached hydrogen (secondary N) is 1. The lowest BCUT2D eigenvalue weighted by Gasteiger charge is -2.21. The number of hydrogen-bond donors (Lipinski definition) is 1. The number of rotatable bonds is 6. The number of para-hydroxylation sites is 1. The Labute approximate surface area is 121 Å². The first-order chi connectivity index (χ1) is 9.76. The van der Waals surface area contributed by atoms with Gasteiger partial charge in [-0.05, 0) is 43.7 Å². The summed E-state index contributed by atoms with van der Waals surface area (Å²) in [5, 5.41) is 3.56. The molecule has 20 heavy (non-hydrogen) atoms. The molecule has 1 aromatic carbocycles. The summed E-state index contributed by atoms with van der Waals surface area (Å²) < 4.78 is 5.49. The van der Waals surface area contributed by atoms with Crippen LogP contribution in [0.1, 0.15) is 36.2 Å². The van der Waals surface area contributed by atoms with Crippen LogP contribution in [0, 0.1) is 6.92 Å². The van der Waals surface area contributed by atoms with Gasteiger partial charge in [0.2, 0.25) is 0 Å². The molecular formula is C17H22N2O. The van der Waals surface area contributed by atoms with Crippen LogP contribution in [0.25, 0.3) is 0 Å². The SMILES string of the molecule is CCCNC(c1cc(C)ccn1)c1ccccc1OC. The Bertz CT molecular complexity index is 554. The molecule has 0 aliphatic carbocycles. The lowest BCUT2D eigenvalue weighted by Crippen LogP contribution is -2.24. The van der Waals surface area contributed by atoms with E-state index in [0.717, 1.165) is 30.0 Å². The van der Waals surface area contributed by atoms with Crippen LogP contribution in [-0.4, -0.2) is 18.6 Å². The molecule has 3 nitrogen and oxygen atoms in total. The maximum Gasteiger partial charge on any atom is 0.124 e. The van der Waals surface area contributed by atoms with E-state index in [-0.39, 0.29) is 6.04 Å². The molecule has 0 bridgehead atoms. The fraction of sp³-hybridized carbons (Fsp3) is 0.353. The fourth-order valence-electron chi connectivity index (χ4n) is 2.28. The molecule has 0 radical (unpaired) electrons. The molecule has 0 aliphatic rings. The van der Waals surface area contributed by atoms with Crippen LogP contribution in [0.5, 0.6) is 5.75 Å². The van der Waals surface area contributed by atoms with Crippen molar-refractivity contribution in [1.82, 2.24) is 10.3 Å². The van der Waals surface area contributed by atoms with Crippen LogP contribution in [0.3, 0.4) is 0 Å². The number of ether oxygens (including phenoxy) is 1. The first-order valence-electron chi connectivity index (χ1n) is 7.05. The van der Waals surface area contributed by atoms with Crippen LogP contribution in [0.4, 0.5) is 0 Å². The second kappa shape index (κ2) is 7.06. The lowest BCUT2D eigenvalue weighted by atomic mass is 10.0. The van der Waals surface area contributed by atoms with Gasteiger partial charge >= 0.3 is 0 Å². The van der Waals surface area contributed by atoms with Crippen molar-refractivity contribution in [1.29, 1.82) is 0 Å². The van der Waals surface area contributed by atoms with E-state index in [1.165, 1.54) is 5.56 Å². The van der Waals surface area contributed by atoms with Gasteiger partial charge in [0.1, 0.15) is 5.75 Å². The van der Waals surface area contributed by atoms with Gasteiger partial charge in [-0.2, -0.15) is 0 Å². The van der Waals surface area contributed by atoms with E-state index >= 15 is 0 Å². The molecule has 3 heteroatoms. The van der Waals surface area contributed by atoms with Gasteiger partial charge in [0.25, 0.3) is 0 Å². The molecule has 1 aromatic heterocycles. The van der Waals surface area contributed by atoms with Gasteiger partial charge in [0, 0.05) is 11.8 Å². The summed E-state index contributed by atoms with van der Waals surface area (Å²) in [4.78, 5) is 4.53. The van der Waals surface area contributed by atoms with E-state index in [4.69, 9.17) is 4.74 Å². The third kappa shape index (κ3) is 3.36. The summed E-state index contributed by atoms with van der Waals surface area (Å²) in [6.07, 6.45) is 2.94. The average Bonchev–Trinajstić information content (AvgIpc) is 2.48. The smallest absolute Gasteiger partial charge is 0.124 e. The molecule has 1 N–H and O–H groups in total. The number of aryl methyl sites for hydroxylation is 1. The van der Waals surface area contributed by atoms with Crippen LogP contribution in [0.15, 0.2) is 42.6 Å². The summed E-state index contributed by atoms with van der Waals surface area (Å²) in [6, 6.07) is 12.3. The van der Waals surface area contributed by atoms with Gasteiger partial charge < -0.3 is 10.1 Å². The zero-order chi connectivity index (χ0) is 14.4. The summed E-state index contributed by atoms with van der Waals surface area (Å²) in [5.41, 5.74) is 3.37. The minimum absolute atomic E-state index is 0.0611. The highest BCUT2D eigenvalue weighted by Gasteiger charge is 2.18. The molecular weight excluding hydrogens is 248 g/mol. The van der Waals surface area contributed by atoms with Crippen LogP contribution in [0.2, 0.25) is 0 Å². The minimum Gasteiger partial charge on any atom is -0.496 e. The second-order valence-electron chi connectivity index (χ2n) is 4.89. The van der Waals surface area contributed by atoms with Crippen molar-refractivity contribution in [2.45, 2.75) is 26.3 Å². The molecule has 1 unspecified atom stereocenters. The molecule has 0 fully saturated rings. The third-order valence-electron chi connectivity index (χ3n) is 3.28. The van der Waals surface area contributed by atoms with E-state index in [9.17, 15) is 0 Å². The highest BCUT2D eigenvalue weighted by Crippen LogP contribution is 2.29. The van der Waals surface area contributed by atoms with Gasteiger partial charge in [-0.3, -0.25) is 4.98 Å². The summed E-state index contributed by atoms with van der Waals surface area (Å²) in [7, 11) is 1.71. The molecule has 0 saturated heterocycles. The molecule has 1 heterocycles. The van der Waals surface area contributed by atoms with E-state index in [0.29, 0.717) is 0 Å². The van der Waals surface area contributed by atoms with Crippen molar-refractivity contribution in [3.05, 3.63) is 59.4 Å². The number of hydrogen-bond acceptors (Lipinski definition) is 3. The molecule has 0 saturated carbocycles. The van der Waals surface area contributed by atoms with Gasteiger partial charge in [0.15, 0.2) is 0 Å². The largest absolute Gasteiger partial charge is 0.496 e. The third-order valence-corrected chi connectivity index (χ3v) is 3.28. The number of pyridine rings is 1.